The van der Waals surface area contributed by atoms with Crippen LogP contribution in [0.5, 0.6) is 5.75 Å². The minimum Gasteiger partial charge on any atom is -0.506 e. The summed E-state index contributed by atoms with van der Waals surface area (Å²) in [5.41, 5.74) is 0.105. The summed E-state index contributed by atoms with van der Waals surface area (Å²) < 4.78 is 38.6. The van der Waals surface area contributed by atoms with E-state index < -0.39 is 11.7 Å². The van der Waals surface area contributed by atoms with Crippen molar-refractivity contribution in [2.45, 2.75) is 32.9 Å². The Morgan fingerprint density at radius 2 is 2.00 bits per heavy atom. The van der Waals surface area contributed by atoms with Gasteiger partial charge in [0.05, 0.1) is 11.1 Å². The van der Waals surface area contributed by atoms with Gasteiger partial charge in [-0.25, -0.2) is 0 Å². The second-order valence-corrected chi connectivity index (χ2v) is 6.29. The van der Waals surface area contributed by atoms with Crippen LogP contribution in [0.4, 0.5) is 18.2 Å². The summed E-state index contributed by atoms with van der Waals surface area (Å²) >= 11 is 1.36. The van der Waals surface area contributed by atoms with Crippen LogP contribution in [0, 0.1) is 6.92 Å². The van der Waals surface area contributed by atoms with E-state index in [9.17, 15) is 18.3 Å². The standard InChI is InChI=1S/C16H18F3NOS/c1-3-4-8-20-15-13(14(21)10(2)22-15)11-6-5-7-12(9-11)16(17,18)19/h5-7,9,20-21H,3-4,8H2,1-2H3. The molecule has 0 bridgehead atoms. The number of anilines is 1. The summed E-state index contributed by atoms with van der Waals surface area (Å²) in [4.78, 5) is 0.686. The molecular weight excluding hydrogens is 311 g/mol. The number of aryl methyl sites for hydroxylation is 1. The van der Waals surface area contributed by atoms with Crippen LogP contribution in [0.1, 0.15) is 30.2 Å². The van der Waals surface area contributed by atoms with Crippen molar-refractivity contribution in [3.8, 4) is 16.9 Å². The Balaban J connectivity index is 2.43. The molecule has 2 nitrogen and oxygen atoms in total. The Kier molecular flexibility index (Phi) is 5.01. The van der Waals surface area contributed by atoms with Crippen LogP contribution >= 0.6 is 11.3 Å². The zero-order valence-electron chi connectivity index (χ0n) is 12.4. The van der Waals surface area contributed by atoms with Gasteiger partial charge in [-0.2, -0.15) is 13.2 Å². The Hall–Kier alpha value is -1.69. The van der Waals surface area contributed by atoms with Crippen molar-refractivity contribution >= 4 is 16.3 Å². The van der Waals surface area contributed by atoms with Crippen molar-refractivity contribution < 1.29 is 18.3 Å². The summed E-state index contributed by atoms with van der Waals surface area (Å²) in [6.07, 6.45) is -2.42. The Morgan fingerprint density at radius 1 is 1.27 bits per heavy atom. The third kappa shape index (κ3) is 3.55. The molecule has 120 valence electrons. The molecule has 2 aromatic rings. The fourth-order valence-electron chi connectivity index (χ4n) is 2.16. The molecule has 0 radical (unpaired) electrons. The third-order valence-electron chi connectivity index (χ3n) is 3.35. The van der Waals surface area contributed by atoms with Gasteiger partial charge in [0.15, 0.2) is 0 Å². The second-order valence-electron chi connectivity index (χ2n) is 5.07. The average molecular weight is 329 g/mol. The molecule has 0 saturated carbocycles. The highest BCUT2D eigenvalue weighted by atomic mass is 32.1. The molecule has 0 aliphatic rings. The molecule has 0 saturated heterocycles. The fraction of sp³-hybridized carbons (Fsp3) is 0.375. The van der Waals surface area contributed by atoms with Crippen molar-refractivity contribution in [3.05, 3.63) is 34.7 Å². The normalized spacial score (nSPS) is 11.7. The molecule has 6 heteroatoms. The van der Waals surface area contributed by atoms with Crippen LogP contribution in [0.3, 0.4) is 0 Å². The predicted molar refractivity (Wildman–Crippen MR) is 84.6 cm³/mol. The number of nitrogens with one attached hydrogen (secondary N) is 1. The lowest BCUT2D eigenvalue weighted by atomic mass is 10.0. The summed E-state index contributed by atoms with van der Waals surface area (Å²) in [5.74, 6) is 0.0447. The molecule has 0 amide bonds. The maximum atomic E-state index is 12.9. The van der Waals surface area contributed by atoms with Crippen LogP contribution < -0.4 is 5.32 Å². The lowest BCUT2D eigenvalue weighted by Gasteiger charge is -2.11. The highest BCUT2D eigenvalue weighted by molar-refractivity contribution is 7.17. The number of rotatable bonds is 5. The van der Waals surface area contributed by atoms with E-state index >= 15 is 0 Å². The van der Waals surface area contributed by atoms with E-state index in [1.165, 1.54) is 17.4 Å². The van der Waals surface area contributed by atoms with Gasteiger partial charge >= 0.3 is 6.18 Å². The van der Waals surface area contributed by atoms with Crippen molar-refractivity contribution in [1.82, 2.24) is 0 Å². The van der Waals surface area contributed by atoms with Gasteiger partial charge in [-0.15, -0.1) is 11.3 Å². The van der Waals surface area contributed by atoms with Gasteiger partial charge in [0, 0.05) is 11.4 Å². The Bertz CT molecular complexity index is 649. The second kappa shape index (κ2) is 6.60. The van der Waals surface area contributed by atoms with Crippen molar-refractivity contribution in [1.29, 1.82) is 0 Å². The van der Waals surface area contributed by atoms with Crippen LogP contribution in [-0.2, 0) is 6.18 Å². The van der Waals surface area contributed by atoms with Crippen molar-refractivity contribution in [2.24, 2.45) is 0 Å². The van der Waals surface area contributed by atoms with E-state index in [4.69, 9.17) is 0 Å². The topological polar surface area (TPSA) is 32.3 Å². The van der Waals surface area contributed by atoms with Crippen molar-refractivity contribution in [3.63, 3.8) is 0 Å². The van der Waals surface area contributed by atoms with Crippen molar-refractivity contribution in [2.75, 3.05) is 11.9 Å². The molecule has 22 heavy (non-hydrogen) atoms. The monoisotopic (exact) mass is 329 g/mol. The Labute approximate surface area is 131 Å². The minimum atomic E-state index is -4.40. The number of alkyl halides is 3. The molecule has 0 atom stereocenters. The molecule has 0 aliphatic heterocycles. The van der Waals surface area contributed by atoms with E-state index in [1.807, 2.05) is 0 Å². The lowest BCUT2D eigenvalue weighted by molar-refractivity contribution is -0.137. The fourth-order valence-corrected chi connectivity index (χ4v) is 3.15. The van der Waals surface area contributed by atoms with Crippen LogP contribution in [0.25, 0.3) is 11.1 Å². The maximum absolute atomic E-state index is 12.9. The molecular formula is C16H18F3NOS. The lowest BCUT2D eigenvalue weighted by Crippen LogP contribution is -2.05. The number of thiophene rings is 1. The van der Waals surface area contributed by atoms with Gasteiger partial charge < -0.3 is 10.4 Å². The van der Waals surface area contributed by atoms with Gasteiger partial charge in [-0.3, -0.25) is 0 Å². The number of hydrogen-bond acceptors (Lipinski definition) is 3. The molecule has 0 aliphatic carbocycles. The molecule has 1 heterocycles. The van der Waals surface area contributed by atoms with Crippen LogP contribution in [0.15, 0.2) is 24.3 Å². The molecule has 1 aromatic carbocycles. The summed E-state index contributed by atoms with van der Waals surface area (Å²) in [7, 11) is 0. The molecule has 0 unspecified atom stereocenters. The SMILES string of the molecule is CCCCNc1sc(C)c(O)c1-c1cccc(C(F)(F)F)c1. The quantitative estimate of drug-likeness (QED) is 0.694. The number of benzene rings is 1. The van der Waals surface area contributed by atoms with E-state index in [0.717, 1.165) is 31.5 Å². The summed E-state index contributed by atoms with van der Waals surface area (Å²) in [6.45, 7) is 4.54. The number of halogens is 3. The van der Waals surface area contributed by atoms with Crippen LogP contribution in [-0.4, -0.2) is 11.7 Å². The maximum Gasteiger partial charge on any atom is 0.416 e. The largest absolute Gasteiger partial charge is 0.506 e. The zero-order valence-corrected chi connectivity index (χ0v) is 13.2. The number of unbranched alkanes of at least 4 members (excludes halogenated alkanes) is 1. The summed E-state index contributed by atoms with van der Waals surface area (Å²) in [6, 6.07) is 5.05. The van der Waals surface area contributed by atoms with Gasteiger partial charge in [0.2, 0.25) is 0 Å². The van der Waals surface area contributed by atoms with E-state index in [1.54, 1.807) is 13.0 Å². The highest BCUT2D eigenvalue weighted by Crippen LogP contribution is 2.46. The zero-order chi connectivity index (χ0) is 16.3. The predicted octanol–water partition coefficient (Wildman–Crippen LogP) is 5.66. The highest BCUT2D eigenvalue weighted by Gasteiger charge is 2.31. The Morgan fingerprint density at radius 3 is 2.64 bits per heavy atom. The summed E-state index contributed by atoms with van der Waals surface area (Å²) in [5, 5.41) is 14.1. The van der Waals surface area contributed by atoms with Gasteiger partial charge in [-0.05, 0) is 31.0 Å². The third-order valence-corrected chi connectivity index (χ3v) is 4.40. The van der Waals surface area contributed by atoms with E-state index in [2.05, 4.69) is 12.2 Å². The van der Waals surface area contributed by atoms with Gasteiger partial charge in [0.25, 0.3) is 0 Å². The average Bonchev–Trinajstić information content (AvgIpc) is 2.74. The smallest absolute Gasteiger partial charge is 0.416 e. The molecule has 0 fully saturated rings. The first-order valence-electron chi connectivity index (χ1n) is 7.08. The minimum absolute atomic E-state index is 0.0447. The molecule has 0 spiro atoms. The molecule has 2 rings (SSSR count). The van der Waals surface area contributed by atoms with E-state index in [0.29, 0.717) is 21.0 Å². The first-order valence-corrected chi connectivity index (χ1v) is 7.90. The first kappa shape index (κ1) is 16.7. The molecule has 2 N–H and O–H groups in total. The number of hydrogen-bond donors (Lipinski definition) is 2. The molecule has 1 aromatic heterocycles. The number of aromatic hydroxyl groups is 1. The van der Waals surface area contributed by atoms with Crippen LogP contribution in [0.2, 0.25) is 0 Å². The van der Waals surface area contributed by atoms with E-state index in [-0.39, 0.29) is 5.75 Å². The van der Waals surface area contributed by atoms with Gasteiger partial charge in [0.1, 0.15) is 10.8 Å². The van der Waals surface area contributed by atoms with Gasteiger partial charge in [-0.1, -0.05) is 25.5 Å². The first-order chi connectivity index (χ1) is 10.3.